The van der Waals surface area contributed by atoms with E-state index in [2.05, 4.69) is 18.8 Å². The lowest BCUT2D eigenvalue weighted by atomic mass is 10.1. The maximum atomic E-state index is 5.69. The molecule has 0 unspecified atom stereocenters. The van der Waals surface area contributed by atoms with Gasteiger partial charge in [0, 0.05) is 12.2 Å². The molecule has 0 saturated carbocycles. The van der Waals surface area contributed by atoms with Crippen LogP contribution in [0.15, 0.2) is 18.2 Å². The van der Waals surface area contributed by atoms with Gasteiger partial charge in [0.15, 0.2) is 0 Å². The molecule has 104 valence electrons. The van der Waals surface area contributed by atoms with E-state index in [1.54, 1.807) is 7.11 Å². The SMILES string of the molecule is CCCCCOCc1cc(OC)ccc1C#CCN. The highest BCUT2D eigenvalue weighted by Crippen LogP contribution is 2.18. The van der Waals surface area contributed by atoms with Crippen molar-refractivity contribution < 1.29 is 9.47 Å². The van der Waals surface area contributed by atoms with Crippen LogP contribution in [0.2, 0.25) is 0 Å². The highest BCUT2D eigenvalue weighted by Gasteiger charge is 2.03. The summed E-state index contributed by atoms with van der Waals surface area (Å²) in [6.07, 6.45) is 3.51. The maximum absolute atomic E-state index is 5.69. The Morgan fingerprint density at radius 1 is 1.26 bits per heavy atom. The summed E-state index contributed by atoms with van der Waals surface area (Å²) in [5.74, 6) is 6.76. The lowest BCUT2D eigenvalue weighted by Gasteiger charge is -2.08. The predicted octanol–water partition coefficient (Wildman–Crippen LogP) is 2.71. The second-order valence-electron chi connectivity index (χ2n) is 4.29. The van der Waals surface area contributed by atoms with Crippen LogP contribution in [0.25, 0.3) is 0 Å². The van der Waals surface area contributed by atoms with Crippen LogP contribution < -0.4 is 10.5 Å². The van der Waals surface area contributed by atoms with Crippen LogP contribution in [-0.4, -0.2) is 20.3 Å². The van der Waals surface area contributed by atoms with Gasteiger partial charge in [0.25, 0.3) is 0 Å². The summed E-state index contributed by atoms with van der Waals surface area (Å²) in [6, 6.07) is 5.83. The zero-order valence-electron chi connectivity index (χ0n) is 11.9. The monoisotopic (exact) mass is 261 g/mol. The van der Waals surface area contributed by atoms with Crippen molar-refractivity contribution in [1.82, 2.24) is 0 Å². The lowest BCUT2D eigenvalue weighted by Crippen LogP contribution is -1.99. The maximum Gasteiger partial charge on any atom is 0.119 e. The van der Waals surface area contributed by atoms with Crippen LogP contribution in [0, 0.1) is 11.8 Å². The molecule has 0 bridgehead atoms. The molecule has 1 aromatic carbocycles. The minimum absolute atomic E-state index is 0.364. The summed E-state index contributed by atoms with van der Waals surface area (Å²) in [5, 5.41) is 0. The summed E-state index contributed by atoms with van der Waals surface area (Å²) < 4.78 is 10.9. The molecule has 0 spiro atoms. The molecule has 0 aromatic heterocycles. The van der Waals surface area contributed by atoms with Crippen molar-refractivity contribution in [3.8, 4) is 17.6 Å². The van der Waals surface area contributed by atoms with Gasteiger partial charge in [-0.3, -0.25) is 0 Å². The van der Waals surface area contributed by atoms with Crippen LogP contribution in [-0.2, 0) is 11.3 Å². The molecule has 1 aromatic rings. The minimum Gasteiger partial charge on any atom is -0.497 e. The molecule has 0 heterocycles. The Kier molecular flexibility index (Phi) is 7.72. The van der Waals surface area contributed by atoms with Gasteiger partial charge in [0.1, 0.15) is 5.75 Å². The number of ether oxygens (including phenoxy) is 2. The molecule has 0 radical (unpaired) electrons. The normalized spacial score (nSPS) is 9.84. The molecule has 19 heavy (non-hydrogen) atoms. The third-order valence-corrected chi connectivity index (χ3v) is 2.79. The van der Waals surface area contributed by atoms with E-state index in [-0.39, 0.29) is 0 Å². The van der Waals surface area contributed by atoms with Gasteiger partial charge in [-0.25, -0.2) is 0 Å². The first-order chi connectivity index (χ1) is 9.31. The lowest BCUT2D eigenvalue weighted by molar-refractivity contribution is 0.117. The Balaban J connectivity index is 2.66. The first kappa shape index (κ1) is 15.6. The number of rotatable bonds is 7. The van der Waals surface area contributed by atoms with E-state index in [9.17, 15) is 0 Å². The summed E-state index contributed by atoms with van der Waals surface area (Å²) in [7, 11) is 1.66. The zero-order chi connectivity index (χ0) is 13.9. The topological polar surface area (TPSA) is 44.5 Å². The molecule has 0 fully saturated rings. The molecule has 0 saturated heterocycles. The average molecular weight is 261 g/mol. The van der Waals surface area contributed by atoms with E-state index in [0.717, 1.165) is 29.9 Å². The molecular weight excluding hydrogens is 238 g/mol. The molecule has 0 atom stereocenters. The summed E-state index contributed by atoms with van der Waals surface area (Å²) >= 11 is 0. The average Bonchev–Trinajstić information content (AvgIpc) is 2.45. The number of hydrogen-bond acceptors (Lipinski definition) is 3. The molecular formula is C16H23NO2. The fourth-order valence-electron chi connectivity index (χ4n) is 1.72. The minimum atomic E-state index is 0.364. The third kappa shape index (κ3) is 5.78. The zero-order valence-corrected chi connectivity index (χ0v) is 11.9. The van der Waals surface area contributed by atoms with Gasteiger partial charge < -0.3 is 15.2 Å². The van der Waals surface area contributed by atoms with E-state index in [1.807, 2.05) is 18.2 Å². The molecule has 3 heteroatoms. The van der Waals surface area contributed by atoms with Crippen molar-refractivity contribution in [2.24, 2.45) is 5.73 Å². The number of unbranched alkanes of at least 4 members (excludes halogenated alkanes) is 2. The molecule has 0 aliphatic carbocycles. The Hall–Kier alpha value is -1.50. The Labute approximate surface area is 116 Å². The van der Waals surface area contributed by atoms with Crippen LogP contribution in [0.1, 0.15) is 37.3 Å². The van der Waals surface area contributed by atoms with Gasteiger partial charge in [0.05, 0.1) is 20.3 Å². The van der Waals surface area contributed by atoms with Gasteiger partial charge in [-0.15, -0.1) is 0 Å². The summed E-state index contributed by atoms with van der Waals surface area (Å²) in [5.41, 5.74) is 7.42. The fourth-order valence-corrected chi connectivity index (χ4v) is 1.72. The number of hydrogen-bond donors (Lipinski definition) is 1. The second-order valence-corrected chi connectivity index (χ2v) is 4.29. The van der Waals surface area contributed by atoms with E-state index in [0.29, 0.717) is 13.2 Å². The third-order valence-electron chi connectivity index (χ3n) is 2.79. The van der Waals surface area contributed by atoms with Gasteiger partial charge in [-0.2, -0.15) is 0 Å². The number of nitrogens with two attached hydrogens (primary N) is 1. The van der Waals surface area contributed by atoms with Crippen LogP contribution in [0.3, 0.4) is 0 Å². The quantitative estimate of drug-likeness (QED) is 0.606. The highest BCUT2D eigenvalue weighted by molar-refractivity contribution is 5.45. The van der Waals surface area contributed by atoms with Gasteiger partial charge >= 0.3 is 0 Å². The van der Waals surface area contributed by atoms with Crippen molar-refractivity contribution in [3.05, 3.63) is 29.3 Å². The fraction of sp³-hybridized carbons (Fsp3) is 0.500. The largest absolute Gasteiger partial charge is 0.497 e. The van der Waals surface area contributed by atoms with E-state index in [1.165, 1.54) is 12.8 Å². The number of benzene rings is 1. The van der Waals surface area contributed by atoms with Crippen LogP contribution in [0.4, 0.5) is 0 Å². The molecule has 2 N–H and O–H groups in total. The summed E-state index contributed by atoms with van der Waals surface area (Å²) in [6.45, 7) is 3.90. The first-order valence-corrected chi connectivity index (χ1v) is 6.75. The van der Waals surface area contributed by atoms with Crippen molar-refractivity contribution in [2.45, 2.75) is 32.8 Å². The van der Waals surface area contributed by atoms with Gasteiger partial charge in [-0.05, 0) is 30.2 Å². The Morgan fingerprint density at radius 2 is 2.11 bits per heavy atom. The molecule has 0 aliphatic rings. The van der Waals surface area contributed by atoms with Crippen molar-refractivity contribution in [2.75, 3.05) is 20.3 Å². The summed E-state index contributed by atoms with van der Waals surface area (Å²) in [4.78, 5) is 0. The van der Waals surface area contributed by atoms with E-state index >= 15 is 0 Å². The second kappa shape index (κ2) is 9.43. The smallest absolute Gasteiger partial charge is 0.119 e. The van der Waals surface area contributed by atoms with Gasteiger partial charge in [0.2, 0.25) is 0 Å². The molecule has 1 rings (SSSR count). The number of methoxy groups -OCH3 is 1. The predicted molar refractivity (Wildman–Crippen MR) is 78.1 cm³/mol. The van der Waals surface area contributed by atoms with Crippen LogP contribution in [0.5, 0.6) is 5.75 Å². The standard InChI is InChI=1S/C16H23NO2/c1-3-4-5-11-19-13-15-12-16(18-2)9-8-14(15)7-6-10-17/h8-9,12H,3-5,10-11,13,17H2,1-2H3. The molecule has 3 nitrogen and oxygen atoms in total. The Morgan fingerprint density at radius 3 is 2.79 bits per heavy atom. The van der Waals surface area contributed by atoms with E-state index in [4.69, 9.17) is 15.2 Å². The molecule has 0 aliphatic heterocycles. The van der Waals surface area contributed by atoms with Gasteiger partial charge in [-0.1, -0.05) is 31.6 Å². The first-order valence-electron chi connectivity index (χ1n) is 6.75. The van der Waals surface area contributed by atoms with Crippen LogP contribution >= 0.6 is 0 Å². The van der Waals surface area contributed by atoms with Crippen molar-refractivity contribution >= 4 is 0 Å². The van der Waals surface area contributed by atoms with Crippen molar-refractivity contribution in [1.29, 1.82) is 0 Å². The van der Waals surface area contributed by atoms with Crippen molar-refractivity contribution in [3.63, 3.8) is 0 Å². The Bertz CT molecular complexity index is 432. The highest BCUT2D eigenvalue weighted by atomic mass is 16.5. The van der Waals surface area contributed by atoms with E-state index < -0.39 is 0 Å². The molecule has 0 amide bonds.